The van der Waals surface area contributed by atoms with Crippen molar-refractivity contribution in [3.63, 3.8) is 0 Å². The molecule has 2 rings (SSSR count). The molecule has 0 aromatic carbocycles. The van der Waals surface area contributed by atoms with Crippen molar-refractivity contribution in [3.8, 4) is 0 Å². The maximum Gasteiger partial charge on any atom is 0.244 e. The van der Waals surface area contributed by atoms with E-state index in [0.717, 1.165) is 32.5 Å². The summed E-state index contributed by atoms with van der Waals surface area (Å²) in [5.74, 6) is 1.33. The Morgan fingerprint density at radius 1 is 1.45 bits per heavy atom. The van der Waals surface area contributed by atoms with Crippen LogP contribution in [0.2, 0.25) is 0 Å². The highest BCUT2D eigenvalue weighted by Gasteiger charge is 2.49. The molecule has 4 heteroatoms. The molecular formula is C16H30N2O2. The third kappa shape index (κ3) is 2.86. The maximum atomic E-state index is 12.9. The zero-order valence-electron chi connectivity index (χ0n) is 13.6. The summed E-state index contributed by atoms with van der Waals surface area (Å²) in [7, 11) is 0. The molecule has 2 heterocycles. The van der Waals surface area contributed by atoms with Crippen LogP contribution in [0.25, 0.3) is 0 Å². The van der Waals surface area contributed by atoms with Gasteiger partial charge in [-0.1, -0.05) is 20.8 Å². The Morgan fingerprint density at radius 2 is 2.15 bits per heavy atom. The van der Waals surface area contributed by atoms with Gasteiger partial charge in [-0.05, 0) is 39.0 Å². The molecular weight excluding hydrogens is 252 g/mol. The first-order valence-corrected chi connectivity index (χ1v) is 8.07. The van der Waals surface area contributed by atoms with Crippen molar-refractivity contribution in [2.24, 2.45) is 11.8 Å². The molecule has 4 atom stereocenters. The largest absolute Gasteiger partial charge is 0.381 e. The highest BCUT2D eigenvalue weighted by molar-refractivity contribution is 5.88. The van der Waals surface area contributed by atoms with Crippen LogP contribution in [0.5, 0.6) is 0 Å². The van der Waals surface area contributed by atoms with E-state index >= 15 is 0 Å². The summed E-state index contributed by atoms with van der Waals surface area (Å²) in [6.07, 6.45) is 3.09. The standard InChI is InChI=1S/C16H30N2O2/c1-6-16(5)15(19)18(14(17-16)9-11(2)3)12(4)13-7-8-20-10-13/h11-14,17H,6-10H2,1-5H3. The molecule has 0 aromatic heterocycles. The minimum Gasteiger partial charge on any atom is -0.381 e. The van der Waals surface area contributed by atoms with Crippen LogP contribution in [0, 0.1) is 11.8 Å². The van der Waals surface area contributed by atoms with Gasteiger partial charge in [-0.15, -0.1) is 0 Å². The molecule has 0 aromatic rings. The van der Waals surface area contributed by atoms with E-state index in [1.165, 1.54) is 0 Å². The van der Waals surface area contributed by atoms with Crippen molar-refractivity contribution >= 4 is 5.91 Å². The first-order chi connectivity index (χ1) is 9.39. The molecule has 0 saturated carbocycles. The summed E-state index contributed by atoms with van der Waals surface area (Å²) in [6.45, 7) is 12.4. The van der Waals surface area contributed by atoms with Crippen molar-refractivity contribution in [1.82, 2.24) is 10.2 Å². The van der Waals surface area contributed by atoms with Crippen molar-refractivity contribution in [1.29, 1.82) is 0 Å². The van der Waals surface area contributed by atoms with Gasteiger partial charge in [0, 0.05) is 18.6 Å². The van der Waals surface area contributed by atoms with Gasteiger partial charge >= 0.3 is 0 Å². The molecule has 1 N–H and O–H groups in total. The highest BCUT2D eigenvalue weighted by atomic mass is 16.5. The number of rotatable bonds is 5. The average Bonchev–Trinajstić information content (AvgIpc) is 2.97. The van der Waals surface area contributed by atoms with Gasteiger partial charge in [0.1, 0.15) is 0 Å². The number of carbonyl (C=O) groups excluding carboxylic acids is 1. The van der Waals surface area contributed by atoms with Gasteiger partial charge in [0.15, 0.2) is 0 Å². The van der Waals surface area contributed by atoms with Gasteiger partial charge in [-0.3, -0.25) is 10.1 Å². The highest BCUT2D eigenvalue weighted by Crippen LogP contribution is 2.32. The summed E-state index contributed by atoms with van der Waals surface area (Å²) in [5, 5.41) is 3.59. The fourth-order valence-electron chi connectivity index (χ4n) is 3.43. The smallest absolute Gasteiger partial charge is 0.244 e. The topological polar surface area (TPSA) is 41.6 Å². The summed E-state index contributed by atoms with van der Waals surface area (Å²) < 4.78 is 5.51. The average molecular weight is 282 g/mol. The molecule has 2 fully saturated rings. The fraction of sp³-hybridized carbons (Fsp3) is 0.938. The van der Waals surface area contributed by atoms with Crippen molar-refractivity contribution in [2.45, 2.75) is 71.6 Å². The predicted molar refractivity (Wildman–Crippen MR) is 80.3 cm³/mol. The molecule has 4 nitrogen and oxygen atoms in total. The van der Waals surface area contributed by atoms with Crippen LogP contribution in [0.4, 0.5) is 0 Å². The second kappa shape index (κ2) is 6.02. The summed E-state index contributed by atoms with van der Waals surface area (Å²) in [5.41, 5.74) is -0.396. The molecule has 1 amide bonds. The van der Waals surface area contributed by atoms with Crippen LogP contribution in [-0.2, 0) is 9.53 Å². The van der Waals surface area contributed by atoms with Crippen LogP contribution < -0.4 is 5.32 Å². The lowest BCUT2D eigenvalue weighted by atomic mass is 9.95. The Labute approximate surface area is 123 Å². The number of nitrogens with one attached hydrogen (secondary N) is 1. The van der Waals surface area contributed by atoms with Crippen molar-refractivity contribution in [2.75, 3.05) is 13.2 Å². The van der Waals surface area contributed by atoms with Crippen molar-refractivity contribution < 1.29 is 9.53 Å². The van der Waals surface area contributed by atoms with Gasteiger partial charge in [0.2, 0.25) is 5.91 Å². The van der Waals surface area contributed by atoms with Gasteiger partial charge in [0.25, 0.3) is 0 Å². The lowest BCUT2D eigenvalue weighted by molar-refractivity contribution is -0.136. The predicted octanol–water partition coefficient (Wildman–Crippen LogP) is 2.38. The molecule has 20 heavy (non-hydrogen) atoms. The van der Waals surface area contributed by atoms with E-state index in [1.54, 1.807) is 0 Å². The molecule has 2 saturated heterocycles. The summed E-state index contributed by atoms with van der Waals surface area (Å²) in [4.78, 5) is 15.0. The van der Waals surface area contributed by atoms with Crippen LogP contribution in [-0.4, -0.2) is 41.8 Å². The lowest BCUT2D eigenvalue weighted by Crippen LogP contribution is -2.47. The monoisotopic (exact) mass is 282 g/mol. The number of carbonyl (C=O) groups is 1. The zero-order chi connectivity index (χ0) is 14.9. The first kappa shape index (κ1) is 15.8. The van der Waals surface area contributed by atoms with E-state index in [9.17, 15) is 4.79 Å². The first-order valence-electron chi connectivity index (χ1n) is 8.07. The van der Waals surface area contributed by atoms with E-state index in [2.05, 4.69) is 37.9 Å². The maximum absolute atomic E-state index is 12.9. The second-order valence-corrected chi connectivity index (χ2v) is 7.05. The molecule has 0 radical (unpaired) electrons. The third-order valence-corrected chi connectivity index (χ3v) is 5.02. The Morgan fingerprint density at radius 3 is 2.65 bits per heavy atom. The Kier molecular flexibility index (Phi) is 4.75. The number of ether oxygens (including phenoxy) is 1. The normalized spacial score (nSPS) is 36.1. The molecule has 2 aliphatic rings. The Hall–Kier alpha value is -0.610. The van der Waals surface area contributed by atoms with E-state index in [4.69, 9.17) is 4.74 Å². The van der Waals surface area contributed by atoms with Gasteiger partial charge in [-0.25, -0.2) is 0 Å². The van der Waals surface area contributed by atoms with Gasteiger partial charge in [0.05, 0.1) is 18.3 Å². The third-order valence-electron chi connectivity index (χ3n) is 5.02. The number of hydrogen-bond donors (Lipinski definition) is 1. The SMILES string of the molecule is CCC1(C)NC(CC(C)C)N(C(C)C2CCOC2)C1=O. The van der Waals surface area contributed by atoms with Gasteiger partial charge in [-0.2, -0.15) is 0 Å². The van der Waals surface area contributed by atoms with Crippen LogP contribution in [0.3, 0.4) is 0 Å². The quantitative estimate of drug-likeness (QED) is 0.842. The minimum absolute atomic E-state index is 0.169. The number of nitrogens with zero attached hydrogens (tertiary/aromatic N) is 1. The van der Waals surface area contributed by atoms with Gasteiger partial charge < -0.3 is 9.64 Å². The minimum atomic E-state index is -0.396. The summed E-state index contributed by atoms with van der Waals surface area (Å²) in [6, 6.07) is 0.259. The molecule has 0 spiro atoms. The number of hydrogen-bond acceptors (Lipinski definition) is 3. The molecule has 4 unspecified atom stereocenters. The molecule has 2 aliphatic heterocycles. The van der Waals surface area contributed by atoms with Crippen molar-refractivity contribution in [3.05, 3.63) is 0 Å². The van der Waals surface area contributed by atoms with E-state index in [-0.39, 0.29) is 18.1 Å². The van der Waals surface area contributed by atoms with Crippen LogP contribution in [0.15, 0.2) is 0 Å². The number of amides is 1. The molecule has 0 bridgehead atoms. The molecule has 116 valence electrons. The lowest BCUT2D eigenvalue weighted by Gasteiger charge is -2.34. The second-order valence-electron chi connectivity index (χ2n) is 7.05. The van der Waals surface area contributed by atoms with E-state index in [0.29, 0.717) is 11.8 Å². The zero-order valence-corrected chi connectivity index (χ0v) is 13.6. The van der Waals surface area contributed by atoms with E-state index < -0.39 is 5.54 Å². The Balaban J connectivity index is 2.18. The van der Waals surface area contributed by atoms with E-state index in [1.807, 2.05) is 6.92 Å². The summed E-state index contributed by atoms with van der Waals surface area (Å²) >= 11 is 0. The fourth-order valence-corrected chi connectivity index (χ4v) is 3.43. The molecule has 0 aliphatic carbocycles. The van der Waals surface area contributed by atoms with Crippen LogP contribution >= 0.6 is 0 Å². The van der Waals surface area contributed by atoms with Crippen LogP contribution in [0.1, 0.15) is 53.9 Å². The Bertz CT molecular complexity index is 352.